The summed E-state index contributed by atoms with van der Waals surface area (Å²) in [6.07, 6.45) is 6.11. The molecule has 1 saturated carbocycles. The van der Waals surface area contributed by atoms with Crippen LogP contribution in [0.1, 0.15) is 55.8 Å². The summed E-state index contributed by atoms with van der Waals surface area (Å²) < 4.78 is 33.0. The molecule has 3 rings (SSSR count). The van der Waals surface area contributed by atoms with Crippen molar-refractivity contribution >= 4 is 15.9 Å². The van der Waals surface area contributed by atoms with Crippen LogP contribution in [0.2, 0.25) is 0 Å². The lowest BCUT2D eigenvalue weighted by atomic mass is 10.1. The fourth-order valence-electron chi connectivity index (χ4n) is 3.37. The van der Waals surface area contributed by atoms with Crippen LogP contribution in [0.3, 0.4) is 0 Å². The predicted octanol–water partition coefficient (Wildman–Crippen LogP) is 2.80. The smallest absolute Gasteiger partial charge is 0.251 e. The minimum atomic E-state index is -3.57. The average Bonchev–Trinajstić information content (AvgIpc) is 3.49. The molecule has 1 unspecified atom stereocenters. The topological polar surface area (TPSA) is 75.7 Å². The van der Waals surface area contributed by atoms with Crippen LogP contribution in [0, 0.1) is 5.92 Å². The number of amides is 1. The second kappa shape index (κ2) is 9.17. The maximum Gasteiger partial charge on any atom is 0.251 e. The highest BCUT2D eigenvalue weighted by atomic mass is 32.2. The highest BCUT2D eigenvalue weighted by molar-refractivity contribution is 7.89. The highest BCUT2D eigenvalue weighted by Crippen LogP contribution is 2.28. The first-order valence-corrected chi connectivity index (χ1v) is 11.4. The van der Waals surface area contributed by atoms with Gasteiger partial charge in [-0.3, -0.25) is 4.79 Å². The molecular weight excluding hydrogens is 364 g/mol. The van der Waals surface area contributed by atoms with Gasteiger partial charge in [-0.2, -0.15) is 4.31 Å². The Labute approximate surface area is 162 Å². The first-order valence-electron chi connectivity index (χ1n) is 9.96. The molecule has 1 aromatic rings. The van der Waals surface area contributed by atoms with Crippen LogP contribution >= 0.6 is 0 Å². The summed E-state index contributed by atoms with van der Waals surface area (Å²) in [5.41, 5.74) is 0.375. The van der Waals surface area contributed by atoms with E-state index in [2.05, 4.69) is 5.32 Å². The van der Waals surface area contributed by atoms with Crippen LogP contribution in [-0.4, -0.2) is 51.0 Å². The van der Waals surface area contributed by atoms with Crippen molar-refractivity contribution in [3.63, 3.8) is 0 Å². The van der Waals surface area contributed by atoms with Crippen LogP contribution < -0.4 is 5.32 Å². The fraction of sp³-hybridized carbons (Fsp3) is 0.650. The lowest BCUT2D eigenvalue weighted by Crippen LogP contribution is -2.42. The molecule has 7 heteroatoms. The molecule has 1 aromatic carbocycles. The third-order valence-electron chi connectivity index (χ3n) is 5.25. The van der Waals surface area contributed by atoms with Gasteiger partial charge in [0, 0.05) is 37.9 Å². The van der Waals surface area contributed by atoms with E-state index in [1.54, 1.807) is 22.5 Å². The molecular formula is C20H30N2O4S. The van der Waals surface area contributed by atoms with Crippen molar-refractivity contribution in [2.75, 3.05) is 26.3 Å². The second-order valence-electron chi connectivity index (χ2n) is 7.62. The molecule has 1 aliphatic carbocycles. The number of nitrogens with zero attached hydrogens (tertiary/aromatic N) is 1. The molecule has 1 N–H and O–H groups in total. The second-order valence-corrected chi connectivity index (χ2v) is 9.51. The van der Waals surface area contributed by atoms with Gasteiger partial charge >= 0.3 is 0 Å². The summed E-state index contributed by atoms with van der Waals surface area (Å²) in [5.74, 6) is 0.493. The van der Waals surface area contributed by atoms with Crippen molar-refractivity contribution in [3.05, 3.63) is 29.8 Å². The zero-order chi connectivity index (χ0) is 19.3. The maximum atomic E-state index is 12.9. The van der Waals surface area contributed by atoms with Gasteiger partial charge in [0.15, 0.2) is 0 Å². The Balaban J connectivity index is 1.54. The number of rotatable bonds is 9. The lowest BCUT2D eigenvalue weighted by molar-refractivity contribution is 0.0937. The number of piperidine rings is 1. The first-order chi connectivity index (χ1) is 13.0. The zero-order valence-corrected chi connectivity index (χ0v) is 16.8. The summed E-state index contributed by atoms with van der Waals surface area (Å²) in [6.45, 7) is 4.46. The number of hydrogen-bond donors (Lipinski definition) is 1. The molecule has 1 aliphatic heterocycles. The standard InChI is InChI=1S/C20H30N2O4S/c1-16-6-2-3-12-22(16)27(24,25)19-8-4-7-18(14-19)20(23)21-11-5-13-26-15-17-9-10-17/h4,7-8,14,16-17H,2-3,5-6,9-13,15H2,1H3,(H,21,23). The van der Waals surface area contributed by atoms with E-state index in [4.69, 9.17) is 4.74 Å². The van der Waals surface area contributed by atoms with Crippen molar-refractivity contribution in [1.82, 2.24) is 9.62 Å². The predicted molar refractivity (Wildman–Crippen MR) is 104 cm³/mol. The van der Waals surface area contributed by atoms with E-state index < -0.39 is 10.0 Å². The van der Waals surface area contributed by atoms with E-state index in [9.17, 15) is 13.2 Å². The fourth-order valence-corrected chi connectivity index (χ4v) is 5.12. The van der Waals surface area contributed by atoms with Crippen LogP contribution in [0.15, 0.2) is 29.2 Å². The number of sulfonamides is 1. The van der Waals surface area contributed by atoms with Gasteiger partial charge in [-0.15, -0.1) is 0 Å². The third-order valence-corrected chi connectivity index (χ3v) is 7.26. The van der Waals surface area contributed by atoms with Crippen LogP contribution in [0.5, 0.6) is 0 Å². The number of ether oxygens (including phenoxy) is 1. The largest absolute Gasteiger partial charge is 0.381 e. The van der Waals surface area contributed by atoms with Gasteiger partial charge in [-0.1, -0.05) is 12.5 Å². The Bertz CT molecular complexity index is 746. The van der Waals surface area contributed by atoms with Crippen LogP contribution in [0.4, 0.5) is 0 Å². The van der Waals surface area contributed by atoms with Crippen molar-refractivity contribution < 1.29 is 17.9 Å². The molecule has 0 bridgehead atoms. The van der Waals surface area contributed by atoms with Crippen molar-refractivity contribution in [3.8, 4) is 0 Å². The Morgan fingerprint density at radius 2 is 2.07 bits per heavy atom. The molecule has 0 spiro atoms. The van der Waals surface area contributed by atoms with Crippen molar-refractivity contribution in [1.29, 1.82) is 0 Å². The van der Waals surface area contributed by atoms with Gasteiger partial charge in [0.25, 0.3) is 5.91 Å². The van der Waals surface area contributed by atoms with Crippen molar-refractivity contribution in [2.45, 2.75) is 56.4 Å². The number of carbonyl (C=O) groups is 1. The minimum absolute atomic E-state index is 0.00290. The Hall–Kier alpha value is -1.44. The molecule has 1 atom stereocenters. The average molecular weight is 395 g/mol. The summed E-state index contributed by atoms with van der Waals surface area (Å²) >= 11 is 0. The Kier molecular flexibility index (Phi) is 6.89. The van der Waals surface area contributed by atoms with Gasteiger partial charge in [0.1, 0.15) is 0 Å². The van der Waals surface area contributed by atoms with E-state index in [-0.39, 0.29) is 16.8 Å². The van der Waals surface area contributed by atoms with E-state index >= 15 is 0 Å². The molecule has 1 heterocycles. The Morgan fingerprint density at radius 1 is 1.26 bits per heavy atom. The van der Waals surface area contributed by atoms with E-state index in [0.717, 1.165) is 38.2 Å². The minimum Gasteiger partial charge on any atom is -0.381 e. The van der Waals surface area contributed by atoms with Gasteiger partial charge in [-0.25, -0.2) is 8.42 Å². The molecule has 1 amide bonds. The van der Waals surface area contributed by atoms with Crippen LogP contribution in [-0.2, 0) is 14.8 Å². The monoisotopic (exact) mass is 394 g/mol. The van der Waals surface area contributed by atoms with E-state index in [0.29, 0.717) is 25.3 Å². The first kappa shape index (κ1) is 20.3. The molecule has 0 radical (unpaired) electrons. The summed E-state index contributed by atoms with van der Waals surface area (Å²) in [6, 6.07) is 6.33. The van der Waals surface area contributed by atoms with Gasteiger partial charge in [-0.05, 0) is 63.1 Å². The summed E-state index contributed by atoms with van der Waals surface area (Å²) in [7, 11) is -3.57. The van der Waals surface area contributed by atoms with Gasteiger partial charge in [0.05, 0.1) is 4.90 Å². The number of hydrogen-bond acceptors (Lipinski definition) is 4. The third kappa shape index (κ3) is 5.53. The Morgan fingerprint density at radius 3 is 2.81 bits per heavy atom. The number of benzene rings is 1. The zero-order valence-electron chi connectivity index (χ0n) is 16.0. The quantitative estimate of drug-likeness (QED) is 0.654. The molecule has 0 aromatic heterocycles. The molecule has 1 saturated heterocycles. The van der Waals surface area contributed by atoms with Gasteiger partial charge < -0.3 is 10.1 Å². The maximum absolute atomic E-state index is 12.9. The molecule has 27 heavy (non-hydrogen) atoms. The molecule has 150 valence electrons. The van der Waals surface area contributed by atoms with E-state index in [1.807, 2.05) is 6.92 Å². The van der Waals surface area contributed by atoms with E-state index in [1.165, 1.54) is 18.9 Å². The number of carbonyl (C=O) groups excluding carboxylic acids is 1. The summed E-state index contributed by atoms with van der Waals surface area (Å²) in [4.78, 5) is 12.5. The lowest BCUT2D eigenvalue weighted by Gasteiger charge is -2.32. The number of nitrogens with one attached hydrogen (secondary N) is 1. The SMILES string of the molecule is CC1CCCCN1S(=O)(=O)c1cccc(C(=O)NCCCOCC2CC2)c1. The summed E-state index contributed by atoms with van der Waals surface area (Å²) in [5, 5.41) is 2.84. The van der Waals surface area contributed by atoms with Gasteiger partial charge in [0.2, 0.25) is 10.0 Å². The molecule has 6 nitrogen and oxygen atoms in total. The normalized spacial score (nSPS) is 21.1. The molecule has 2 fully saturated rings. The van der Waals surface area contributed by atoms with Crippen LogP contribution in [0.25, 0.3) is 0 Å². The molecule has 2 aliphatic rings. The highest BCUT2D eigenvalue weighted by Gasteiger charge is 2.31. The van der Waals surface area contributed by atoms with Crippen molar-refractivity contribution in [2.24, 2.45) is 5.92 Å².